The Kier molecular flexibility index (Phi) is 6.03. The number of benzene rings is 2. The van der Waals surface area contributed by atoms with Crippen molar-refractivity contribution in [3.63, 3.8) is 0 Å². The Morgan fingerprint density at radius 2 is 1.69 bits per heavy atom. The quantitative estimate of drug-likeness (QED) is 0.698. The number of hydrogen-bond acceptors (Lipinski definition) is 5. The van der Waals surface area contributed by atoms with E-state index in [-0.39, 0.29) is 11.9 Å². The van der Waals surface area contributed by atoms with Gasteiger partial charge >= 0.3 is 0 Å². The Labute approximate surface area is 171 Å². The zero-order chi connectivity index (χ0) is 20.1. The minimum absolute atomic E-state index is 0.00276. The van der Waals surface area contributed by atoms with Crippen molar-refractivity contribution in [1.82, 2.24) is 15.0 Å². The summed E-state index contributed by atoms with van der Waals surface area (Å²) in [4.78, 5) is 17.8. The first-order chi connectivity index (χ1) is 14.2. The van der Waals surface area contributed by atoms with E-state index in [0.29, 0.717) is 0 Å². The number of carbonyl (C=O) groups excluding carboxylic acids is 1. The molecule has 1 unspecified atom stereocenters. The molecule has 1 atom stereocenters. The van der Waals surface area contributed by atoms with Crippen LogP contribution in [0.4, 0.5) is 5.69 Å². The number of amides is 1. The number of piperazine rings is 1. The predicted molar refractivity (Wildman–Crippen MR) is 112 cm³/mol. The third-order valence-corrected chi connectivity index (χ3v) is 5.24. The lowest BCUT2D eigenvalue weighted by Gasteiger charge is -2.38. The molecule has 4 rings (SSSR count). The first-order valence-electron chi connectivity index (χ1n) is 9.98. The predicted octanol–water partition coefficient (Wildman–Crippen LogP) is 3.48. The van der Waals surface area contributed by atoms with Crippen LogP contribution < -0.4 is 5.32 Å². The highest BCUT2D eigenvalue weighted by atomic mass is 16.5. The van der Waals surface area contributed by atoms with E-state index in [2.05, 4.69) is 20.3 Å². The summed E-state index contributed by atoms with van der Waals surface area (Å²) in [5.41, 5.74) is 2.79. The van der Waals surface area contributed by atoms with Gasteiger partial charge in [-0.15, -0.1) is 0 Å². The third-order valence-electron chi connectivity index (χ3n) is 5.24. The molecule has 1 fully saturated rings. The zero-order valence-electron chi connectivity index (χ0n) is 16.6. The van der Waals surface area contributed by atoms with Crippen molar-refractivity contribution in [3.8, 4) is 0 Å². The van der Waals surface area contributed by atoms with Gasteiger partial charge in [-0.2, -0.15) is 0 Å². The Morgan fingerprint density at radius 1 is 1.03 bits per heavy atom. The average Bonchev–Trinajstić information content (AvgIpc) is 3.15. The van der Waals surface area contributed by atoms with Crippen LogP contribution in [0.3, 0.4) is 0 Å². The summed E-state index contributed by atoms with van der Waals surface area (Å²) >= 11 is 0. The minimum Gasteiger partial charge on any atom is -0.361 e. The highest BCUT2D eigenvalue weighted by Gasteiger charge is 2.30. The summed E-state index contributed by atoms with van der Waals surface area (Å²) in [6.07, 6.45) is 0. The van der Waals surface area contributed by atoms with Crippen molar-refractivity contribution in [2.24, 2.45) is 0 Å². The number of aryl methyl sites for hydroxylation is 1. The van der Waals surface area contributed by atoms with Crippen molar-refractivity contribution >= 4 is 11.6 Å². The van der Waals surface area contributed by atoms with Crippen molar-refractivity contribution in [2.45, 2.75) is 19.5 Å². The number of para-hydroxylation sites is 1. The van der Waals surface area contributed by atoms with Crippen LogP contribution in [-0.2, 0) is 11.3 Å². The smallest absolute Gasteiger partial charge is 0.246 e. The van der Waals surface area contributed by atoms with Gasteiger partial charge in [-0.1, -0.05) is 53.7 Å². The Bertz CT molecular complexity index is 918. The maximum atomic E-state index is 13.2. The molecule has 1 saturated heterocycles. The molecule has 0 aliphatic carbocycles. The highest BCUT2D eigenvalue weighted by molar-refractivity contribution is 5.95. The summed E-state index contributed by atoms with van der Waals surface area (Å²) in [7, 11) is 0. The number of aromatic nitrogens is 1. The van der Waals surface area contributed by atoms with E-state index in [1.807, 2.05) is 73.7 Å². The molecule has 150 valence electrons. The van der Waals surface area contributed by atoms with Crippen LogP contribution >= 0.6 is 0 Å². The minimum atomic E-state index is -0.312. The van der Waals surface area contributed by atoms with Crippen LogP contribution in [0.25, 0.3) is 0 Å². The largest absolute Gasteiger partial charge is 0.361 e. The first-order valence-corrected chi connectivity index (χ1v) is 9.98. The standard InChI is InChI=1S/C23H26N4O2/c1-18-16-21(25-29-18)17-26-12-14-27(15-13-26)22(19-8-4-2-5-9-19)23(28)24-20-10-6-3-7-11-20/h2-11,16,22H,12-15,17H2,1H3,(H,24,28). The molecule has 2 heterocycles. The molecule has 1 N–H and O–H groups in total. The van der Waals surface area contributed by atoms with Gasteiger partial charge in [-0.25, -0.2) is 0 Å². The third kappa shape index (κ3) is 4.91. The van der Waals surface area contributed by atoms with Gasteiger partial charge in [0.25, 0.3) is 0 Å². The summed E-state index contributed by atoms with van der Waals surface area (Å²) < 4.78 is 5.17. The van der Waals surface area contributed by atoms with Crippen molar-refractivity contribution in [3.05, 3.63) is 83.7 Å². The van der Waals surface area contributed by atoms with E-state index in [1.54, 1.807) is 0 Å². The molecule has 2 aromatic carbocycles. The molecule has 0 saturated carbocycles. The van der Waals surface area contributed by atoms with E-state index < -0.39 is 0 Å². The number of hydrogen-bond donors (Lipinski definition) is 1. The fraction of sp³-hybridized carbons (Fsp3) is 0.304. The molecule has 1 aliphatic rings. The summed E-state index contributed by atoms with van der Waals surface area (Å²) in [5, 5.41) is 7.17. The highest BCUT2D eigenvalue weighted by Crippen LogP contribution is 2.24. The molecular formula is C23H26N4O2. The second-order valence-corrected chi connectivity index (χ2v) is 7.41. The molecule has 6 heteroatoms. The first kappa shape index (κ1) is 19.4. The van der Waals surface area contributed by atoms with Crippen LogP contribution in [0, 0.1) is 6.92 Å². The number of nitrogens with one attached hydrogen (secondary N) is 1. The van der Waals surface area contributed by atoms with Gasteiger partial charge in [0.15, 0.2) is 0 Å². The maximum Gasteiger partial charge on any atom is 0.246 e. The van der Waals surface area contributed by atoms with Gasteiger partial charge in [0, 0.05) is 44.5 Å². The number of carbonyl (C=O) groups is 1. The number of anilines is 1. The molecule has 1 aliphatic heterocycles. The molecule has 6 nitrogen and oxygen atoms in total. The van der Waals surface area contributed by atoms with Gasteiger partial charge in [-0.05, 0) is 24.6 Å². The van der Waals surface area contributed by atoms with Gasteiger partial charge in [0.2, 0.25) is 5.91 Å². The van der Waals surface area contributed by atoms with E-state index in [9.17, 15) is 4.79 Å². The van der Waals surface area contributed by atoms with E-state index in [1.165, 1.54) is 0 Å². The van der Waals surface area contributed by atoms with E-state index in [4.69, 9.17) is 4.52 Å². The normalized spacial score (nSPS) is 16.4. The molecular weight excluding hydrogens is 364 g/mol. The van der Waals surface area contributed by atoms with Crippen molar-refractivity contribution in [1.29, 1.82) is 0 Å². The lowest BCUT2D eigenvalue weighted by Crippen LogP contribution is -2.49. The van der Waals surface area contributed by atoms with Crippen LogP contribution in [0.2, 0.25) is 0 Å². The Morgan fingerprint density at radius 3 is 2.31 bits per heavy atom. The van der Waals surface area contributed by atoms with Crippen molar-refractivity contribution in [2.75, 3.05) is 31.5 Å². The van der Waals surface area contributed by atoms with Crippen molar-refractivity contribution < 1.29 is 9.32 Å². The average molecular weight is 390 g/mol. The van der Waals surface area contributed by atoms with E-state index >= 15 is 0 Å². The number of rotatable bonds is 6. The molecule has 1 amide bonds. The molecule has 29 heavy (non-hydrogen) atoms. The van der Waals surface area contributed by atoms with Gasteiger partial charge < -0.3 is 9.84 Å². The molecule has 1 aromatic heterocycles. The van der Waals surface area contributed by atoms with Crippen LogP contribution in [0.15, 0.2) is 71.3 Å². The fourth-order valence-electron chi connectivity index (χ4n) is 3.80. The zero-order valence-corrected chi connectivity index (χ0v) is 16.6. The molecule has 3 aromatic rings. The van der Waals surface area contributed by atoms with Gasteiger partial charge in [0.05, 0.1) is 5.69 Å². The number of nitrogens with zero attached hydrogens (tertiary/aromatic N) is 3. The van der Waals surface area contributed by atoms with E-state index in [0.717, 1.165) is 55.4 Å². The van der Waals surface area contributed by atoms with Crippen LogP contribution in [0.5, 0.6) is 0 Å². The second kappa shape index (κ2) is 9.03. The maximum absolute atomic E-state index is 13.2. The molecule has 0 spiro atoms. The Balaban J connectivity index is 1.45. The van der Waals surface area contributed by atoms with Gasteiger partial charge in [-0.3, -0.25) is 14.6 Å². The molecule has 0 radical (unpaired) electrons. The lowest BCUT2D eigenvalue weighted by molar-refractivity contribution is -0.122. The van der Waals surface area contributed by atoms with Crippen LogP contribution in [0.1, 0.15) is 23.1 Å². The van der Waals surface area contributed by atoms with Crippen LogP contribution in [-0.4, -0.2) is 47.0 Å². The second-order valence-electron chi connectivity index (χ2n) is 7.41. The summed E-state index contributed by atoms with van der Waals surface area (Å²) in [6, 6.07) is 21.3. The van der Waals surface area contributed by atoms with Gasteiger partial charge in [0.1, 0.15) is 11.8 Å². The molecule has 0 bridgehead atoms. The topological polar surface area (TPSA) is 61.6 Å². The SMILES string of the molecule is Cc1cc(CN2CCN(C(C(=O)Nc3ccccc3)c3ccccc3)CC2)no1. The lowest BCUT2D eigenvalue weighted by atomic mass is 10.0. The summed E-state index contributed by atoms with van der Waals surface area (Å²) in [5.74, 6) is 0.836. The Hall–Kier alpha value is -2.96. The fourth-order valence-corrected chi connectivity index (χ4v) is 3.80. The summed E-state index contributed by atoms with van der Waals surface area (Å²) in [6.45, 7) is 6.08. The monoisotopic (exact) mass is 390 g/mol.